The highest BCUT2D eigenvalue weighted by Gasteiger charge is 2.60. The zero-order chi connectivity index (χ0) is 13.9. The van der Waals surface area contributed by atoms with Crippen LogP contribution in [-0.4, -0.2) is 22.8 Å². The lowest BCUT2D eigenvalue weighted by molar-refractivity contribution is -0.144. The largest absolute Gasteiger partial charge is 0.279 e. The van der Waals surface area contributed by atoms with Gasteiger partial charge in [-0.05, 0) is 43.9 Å². The average Bonchev–Trinajstić information content (AvgIpc) is 3.14. The lowest BCUT2D eigenvalue weighted by Gasteiger charge is -2.33. The highest BCUT2D eigenvalue weighted by molar-refractivity contribution is 6.06. The van der Waals surface area contributed by atoms with Gasteiger partial charge in [0.25, 0.3) is 0 Å². The van der Waals surface area contributed by atoms with Gasteiger partial charge in [0.15, 0.2) is 0 Å². The quantitative estimate of drug-likeness (QED) is 0.573. The van der Waals surface area contributed by atoms with Crippen molar-refractivity contribution in [3.05, 3.63) is 12.2 Å². The number of allylic oxidation sites excluding steroid dienone is 2. The Hall–Kier alpha value is -1.12. The Morgan fingerprint density at radius 1 is 1.00 bits per heavy atom. The molecule has 0 N–H and O–H groups in total. The van der Waals surface area contributed by atoms with Crippen molar-refractivity contribution in [1.82, 2.24) is 4.90 Å². The average molecular weight is 273 g/mol. The van der Waals surface area contributed by atoms with Gasteiger partial charge in [-0.3, -0.25) is 14.5 Å². The van der Waals surface area contributed by atoms with Gasteiger partial charge < -0.3 is 0 Å². The van der Waals surface area contributed by atoms with E-state index in [0.717, 1.165) is 6.42 Å². The van der Waals surface area contributed by atoms with Crippen molar-refractivity contribution in [2.45, 2.75) is 51.5 Å². The number of amides is 2. The second-order valence-corrected chi connectivity index (χ2v) is 7.19. The van der Waals surface area contributed by atoms with Crippen LogP contribution in [0.1, 0.15) is 45.4 Å². The molecule has 108 valence electrons. The van der Waals surface area contributed by atoms with Gasteiger partial charge in [0.1, 0.15) is 0 Å². The number of fused-ring (bicyclic) bond motifs is 5. The minimum Gasteiger partial charge on any atom is -0.279 e. The lowest BCUT2D eigenvalue weighted by atomic mass is 9.84. The third-order valence-corrected chi connectivity index (χ3v) is 6.24. The molecule has 0 spiro atoms. The van der Waals surface area contributed by atoms with Gasteiger partial charge in [-0.15, -0.1) is 0 Å². The van der Waals surface area contributed by atoms with E-state index in [1.807, 2.05) is 0 Å². The smallest absolute Gasteiger partial charge is 0.233 e. The summed E-state index contributed by atoms with van der Waals surface area (Å²) < 4.78 is 0. The maximum atomic E-state index is 12.7. The van der Waals surface area contributed by atoms with E-state index in [-0.39, 0.29) is 29.7 Å². The molecule has 0 radical (unpaired) electrons. The second kappa shape index (κ2) is 4.44. The summed E-state index contributed by atoms with van der Waals surface area (Å²) in [6.45, 7) is 2.10. The third-order valence-electron chi connectivity index (χ3n) is 6.24. The number of imide groups is 1. The maximum absolute atomic E-state index is 12.7. The molecule has 2 saturated carbocycles. The SMILES string of the molecule is C[C@@H](C1CCCCC1)N1C(=O)C2C(C1=O)[C@H]1C=C[C@@H]2C1. The van der Waals surface area contributed by atoms with Gasteiger partial charge in [-0.1, -0.05) is 31.4 Å². The van der Waals surface area contributed by atoms with Crippen molar-refractivity contribution < 1.29 is 9.59 Å². The van der Waals surface area contributed by atoms with Crippen LogP contribution in [0, 0.1) is 29.6 Å². The molecule has 1 heterocycles. The van der Waals surface area contributed by atoms with Crippen LogP contribution in [0.4, 0.5) is 0 Å². The standard InChI is InChI=1S/C17H23NO2/c1-10(11-5-3-2-4-6-11)18-16(19)14-12-7-8-13(9-12)15(14)17(18)20/h7-8,10-15H,2-6,9H2,1H3/t10-,12-,13+,14?,15?/m0/s1. The molecule has 3 aliphatic carbocycles. The summed E-state index contributed by atoms with van der Waals surface area (Å²) in [7, 11) is 0. The van der Waals surface area contributed by atoms with Crippen LogP contribution in [0.5, 0.6) is 0 Å². The molecule has 0 aromatic rings. The van der Waals surface area contributed by atoms with Crippen LogP contribution in [-0.2, 0) is 9.59 Å². The number of nitrogens with zero attached hydrogens (tertiary/aromatic N) is 1. The zero-order valence-corrected chi connectivity index (χ0v) is 12.1. The minimum absolute atomic E-state index is 0.0245. The van der Waals surface area contributed by atoms with Crippen molar-refractivity contribution in [3.63, 3.8) is 0 Å². The number of hydrogen-bond acceptors (Lipinski definition) is 2. The van der Waals surface area contributed by atoms with Crippen LogP contribution >= 0.6 is 0 Å². The first-order valence-corrected chi connectivity index (χ1v) is 8.23. The van der Waals surface area contributed by atoms with Crippen molar-refractivity contribution in [2.24, 2.45) is 29.6 Å². The fourth-order valence-corrected chi connectivity index (χ4v) is 5.15. The molecule has 1 aliphatic heterocycles. The molecule has 2 unspecified atom stereocenters. The van der Waals surface area contributed by atoms with Crippen molar-refractivity contribution in [2.75, 3.05) is 0 Å². The predicted octanol–water partition coefficient (Wildman–Crippen LogP) is 2.76. The summed E-state index contributed by atoms with van der Waals surface area (Å²) in [5.41, 5.74) is 0. The molecule has 5 atom stereocenters. The Bertz CT molecular complexity index is 447. The molecular weight excluding hydrogens is 250 g/mol. The first-order chi connectivity index (χ1) is 9.68. The topological polar surface area (TPSA) is 37.4 Å². The Labute approximate surface area is 120 Å². The van der Waals surface area contributed by atoms with Gasteiger partial charge in [0, 0.05) is 6.04 Å². The van der Waals surface area contributed by atoms with E-state index >= 15 is 0 Å². The van der Waals surface area contributed by atoms with Crippen LogP contribution in [0.2, 0.25) is 0 Å². The van der Waals surface area contributed by atoms with Crippen LogP contribution in [0.25, 0.3) is 0 Å². The molecule has 3 nitrogen and oxygen atoms in total. The molecule has 4 aliphatic rings. The zero-order valence-electron chi connectivity index (χ0n) is 12.1. The maximum Gasteiger partial charge on any atom is 0.233 e. The Balaban J connectivity index is 1.58. The van der Waals surface area contributed by atoms with Crippen molar-refractivity contribution in [1.29, 1.82) is 0 Å². The van der Waals surface area contributed by atoms with E-state index in [1.54, 1.807) is 4.90 Å². The summed E-state index contributed by atoms with van der Waals surface area (Å²) in [4.78, 5) is 27.1. The summed E-state index contributed by atoms with van der Waals surface area (Å²) in [6, 6.07) is 0.111. The van der Waals surface area contributed by atoms with Crippen LogP contribution in [0.3, 0.4) is 0 Å². The van der Waals surface area contributed by atoms with E-state index in [1.165, 1.54) is 32.1 Å². The molecule has 2 amide bonds. The van der Waals surface area contributed by atoms with E-state index < -0.39 is 0 Å². The second-order valence-electron chi connectivity index (χ2n) is 7.19. The van der Waals surface area contributed by atoms with Gasteiger partial charge >= 0.3 is 0 Å². The van der Waals surface area contributed by atoms with E-state index in [4.69, 9.17) is 0 Å². The summed E-state index contributed by atoms with van der Waals surface area (Å²) in [5, 5.41) is 0. The fourth-order valence-electron chi connectivity index (χ4n) is 5.15. The number of carbonyl (C=O) groups is 2. The van der Waals surface area contributed by atoms with E-state index in [2.05, 4.69) is 19.1 Å². The molecule has 3 fully saturated rings. The summed E-state index contributed by atoms with van der Waals surface area (Å²) in [6.07, 6.45) is 11.5. The third kappa shape index (κ3) is 1.58. The molecule has 3 heteroatoms. The van der Waals surface area contributed by atoms with Gasteiger partial charge in [0.05, 0.1) is 11.8 Å². The summed E-state index contributed by atoms with van der Waals surface area (Å²) in [5.74, 6) is 1.42. The molecule has 1 saturated heterocycles. The van der Waals surface area contributed by atoms with Crippen LogP contribution in [0.15, 0.2) is 12.2 Å². The normalized spacial score (nSPS) is 41.5. The molecule has 0 aromatic heterocycles. The van der Waals surface area contributed by atoms with E-state index in [9.17, 15) is 9.59 Å². The van der Waals surface area contributed by atoms with Crippen LogP contribution < -0.4 is 0 Å². The fraction of sp³-hybridized carbons (Fsp3) is 0.765. The van der Waals surface area contributed by atoms with Gasteiger partial charge in [-0.2, -0.15) is 0 Å². The van der Waals surface area contributed by atoms with Crippen molar-refractivity contribution in [3.8, 4) is 0 Å². The Morgan fingerprint density at radius 2 is 1.55 bits per heavy atom. The Kier molecular flexibility index (Phi) is 2.80. The molecule has 2 bridgehead atoms. The molecule has 0 aromatic carbocycles. The monoisotopic (exact) mass is 273 g/mol. The van der Waals surface area contributed by atoms with E-state index in [0.29, 0.717) is 17.8 Å². The first-order valence-electron chi connectivity index (χ1n) is 8.23. The highest BCUT2D eigenvalue weighted by Crippen LogP contribution is 2.53. The number of hydrogen-bond donors (Lipinski definition) is 0. The summed E-state index contributed by atoms with van der Waals surface area (Å²) >= 11 is 0. The number of likely N-dealkylation sites (tertiary alicyclic amines) is 1. The minimum atomic E-state index is -0.0245. The van der Waals surface area contributed by atoms with Gasteiger partial charge in [-0.25, -0.2) is 0 Å². The lowest BCUT2D eigenvalue weighted by Crippen LogP contribution is -2.44. The highest BCUT2D eigenvalue weighted by atomic mass is 16.2. The molecule has 4 rings (SSSR count). The molecular formula is C17H23NO2. The first kappa shape index (κ1) is 12.6. The molecule has 20 heavy (non-hydrogen) atoms. The predicted molar refractivity (Wildman–Crippen MR) is 75.6 cm³/mol. The van der Waals surface area contributed by atoms with Crippen molar-refractivity contribution >= 4 is 11.8 Å². The Morgan fingerprint density at radius 3 is 2.10 bits per heavy atom. The van der Waals surface area contributed by atoms with Gasteiger partial charge in [0.2, 0.25) is 11.8 Å². The number of carbonyl (C=O) groups excluding carboxylic acids is 2. The number of rotatable bonds is 2.